The lowest BCUT2D eigenvalue weighted by molar-refractivity contribution is -0.123. The average molecular weight is 414 g/mol. The molecule has 1 aliphatic heterocycles. The smallest absolute Gasteiger partial charge is 0.234 e. The van der Waals surface area contributed by atoms with Crippen molar-refractivity contribution in [2.75, 3.05) is 19.6 Å². The molecule has 6 heteroatoms. The van der Waals surface area contributed by atoms with Gasteiger partial charge in [0.1, 0.15) is 0 Å². The first-order valence-corrected chi connectivity index (χ1v) is 10.9. The molecule has 0 unspecified atom stereocenters. The van der Waals surface area contributed by atoms with Crippen molar-refractivity contribution in [1.29, 1.82) is 0 Å². The van der Waals surface area contributed by atoms with Crippen molar-refractivity contribution in [3.63, 3.8) is 0 Å². The van der Waals surface area contributed by atoms with Gasteiger partial charge in [-0.25, -0.2) is 4.98 Å². The summed E-state index contributed by atoms with van der Waals surface area (Å²) in [7, 11) is 0. The number of benzene rings is 2. The van der Waals surface area contributed by atoms with E-state index in [0.29, 0.717) is 17.5 Å². The molecule has 4 rings (SSSR count). The highest BCUT2D eigenvalue weighted by Gasteiger charge is 2.24. The number of carbonyl (C=O) groups is 1. The Balaban J connectivity index is 1.27. The lowest BCUT2D eigenvalue weighted by atomic mass is 9.97. The van der Waals surface area contributed by atoms with Gasteiger partial charge in [-0.3, -0.25) is 9.69 Å². The van der Waals surface area contributed by atoms with E-state index < -0.39 is 0 Å². The molecule has 2 heterocycles. The number of nitrogens with zero attached hydrogens (tertiary/aromatic N) is 2. The van der Waals surface area contributed by atoms with E-state index in [4.69, 9.17) is 16.6 Å². The van der Waals surface area contributed by atoms with E-state index in [9.17, 15) is 4.79 Å². The van der Waals surface area contributed by atoms with Crippen LogP contribution < -0.4 is 5.32 Å². The van der Waals surface area contributed by atoms with Crippen LogP contribution in [0.2, 0.25) is 5.02 Å². The molecule has 4 nitrogen and oxygen atoms in total. The zero-order chi connectivity index (χ0) is 19.5. The van der Waals surface area contributed by atoms with Crippen LogP contribution in [-0.4, -0.2) is 35.4 Å². The van der Waals surface area contributed by atoms with Crippen LogP contribution in [0.3, 0.4) is 0 Å². The summed E-state index contributed by atoms with van der Waals surface area (Å²) in [5.41, 5.74) is 2.16. The Labute approximate surface area is 174 Å². The van der Waals surface area contributed by atoms with Crippen LogP contribution >= 0.6 is 22.9 Å². The third-order valence-electron chi connectivity index (χ3n) is 5.36. The normalized spacial score (nSPS) is 16.9. The van der Waals surface area contributed by atoms with Crippen LogP contribution in [0.4, 0.5) is 0 Å². The first-order chi connectivity index (χ1) is 13.6. The van der Waals surface area contributed by atoms with Gasteiger partial charge in [0.25, 0.3) is 0 Å². The highest BCUT2D eigenvalue weighted by Crippen LogP contribution is 2.33. The molecule has 0 aliphatic carbocycles. The fourth-order valence-electron chi connectivity index (χ4n) is 3.73. The Morgan fingerprint density at radius 3 is 2.64 bits per heavy atom. The summed E-state index contributed by atoms with van der Waals surface area (Å²) < 4.78 is 1.26. The second kappa shape index (κ2) is 8.60. The number of carbonyl (C=O) groups excluding carboxylic acids is 1. The fraction of sp³-hybridized carbons (Fsp3) is 0.364. The Morgan fingerprint density at radius 2 is 1.93 bits per heavy atom. The molecule has 1 fully saturated rings. The van der Waals surface area contributed by atoms with Crippen molar-refractivity contribution in [2.24, 2.45) is 0 Å². The van der Waals surface area contributed by atoms with E-state index >= 15 is 0 Å². The van der Waals surface area contributed by atoms with Gasteiger partial charge in [0, 0.05) is 10.9 Å². The van der Waals surface area contributed by atoms with Crippen molar-refractivity contribution < 1.29 is 4.79 Å². The van der Waals surface area contributed by atoms with E-state index in [2.05, 4.69) is 28.4 Å². The average Bonchev–Trinajstić information content (AvgIpc) is 3.13. The van der Waals surface area contributed by atoms with E-state index in [0.717, 1.165) is 37.0 Å². The third kappa shape index (κ3) is 4.54. The minimum Gasteiger partial charge on any atom is -0.348 e. The summed E-state index contributed by atoms with van der Waals surface area (Å²) in [6, 6.07) is 15.9. The van der Waals surface area contributed by atoms with Gasteiger partial charge in [-0.2, -0.15) is 0 Å². The molecule has 1 amide bonds. The number of hydrogen-bond acceptors (Lipinski definition) is 4. The maximum atomic E-state index is 12.4. The summed E-state index contributed by atoms with van der Waals surface area (Å²) in [4.78, 5) is 19.5. The number of piperidine rings is 1. The van der Waals surface area contributed by atoms with Gasteiger partial charge in [0.15, 0.2) is 0 Å². The first kappa shape index (κ1) is 19.4. The van der Waals surface area contributed by atoms with Crippen LogP contribution in [0, 0.1) is 0 Å². The lowest BCUT2D eigenvalue weighted by Crippen LogP contribution is -2.41. The molecule has 1 atom stereocenters. The van der Waals surface area contributed by atoms with Crippen LogP contribution in [0.5, 0.6) is 0 Å². The largest absolute Gasteiger partial charge is 0.348 e. The van der Waals surface area contributed by atoms with Crippen LogP contribution in [0.25, 0.3) is 10.2 Å². The van der Waals surface area contributed by atoms with Crippen molar-refractivity contribution in [1.82, 2.24) is 15.2 Å². The molecule has 0 spiro atoms. The fourth-order valence-corrected chi connectivity index (χ4v) is 4.99. The first-order valence-electron chi connectivity index (χ1n) is 9.71. The minimum atomic E-state index is -0.0231. The van der Waals surface area contributed by atoms with Gasteiger partial charge in [0.05, 0.1) is 27.8 Å². The Bertz CT molecular complexity index is 915. The molecule has 1 N–H and O–H groups in total. The maximum absolute atomic E-state index is 12.4. The van der Waals surface area contributed by atoms with Crippen LogP contribution in [0.1, 0.15) is 42.3 Å². The molecule has 0 saturated carbocycles. The number of rotatable bonds is 5. The number of amides is 1. The van der Waals surface area contributed by atoms with Gasteiger partial charge in [-0.05, 0) is 62.7 Å². The molecule has 146 valence electrons. The number of hydrogen-bond donors (Lipinski definition) is 1. The topological polar surface area (TPSA) is 45.2 Å². The summed E-state index contributed by atoms with van der Waals surface area (Å²) >= 11 is 7.74. The van der Waals surface area contributed by atoms with Gasteiger partial charge in [-0.1, -0.05) is 35.9 Å². The number of halogens is 1. The molecule has 1 saturated heterocycles. The van der Waals surface area contributed by atoms with E-state index in [-0.39, 0.29) is 11.9 Å². The van der Waals surface area contributed by atoms with Crippen molar-refractivity contribution in [3.05, 3.63) is 64.1 Å². The maximum Gasteiger partial charge on any atom is 0.234 e. The van der Waals surface area contributed by atoms with Gasteiger partial charge >= 0.3 is 0 Å². The Morgan fingerprint density at radius 1 is 1.21 bits per heavy atom. The Hall–Kier alpha value is -1.95. The second-order valence-corrected chi connectivity index (χ2v) is 8.91. The predicted molar refractivity (Wildman–Crippen MR) is 116 cm³/mol. The summed E-state index contributed by atoms with van der Waals surface area (Å²) in [6.45, 7) is 4.32. The molecule has 2 aromatic carbocycles. The summed E-state index contributed by atoms with van der Waals surface area (Å²) in [5.74, 6) is 0.575. The number of thiazole rings is 1. The second-order valence-electron chi connectivity index (χ2n) is 7.41. The number of fused-ring (bicyclic) bond motifs is 1. The van der Waals surface area contributed by atoms with Crippen molar-refractivity contribution in [3.8, 4) is 0 Å². The molecule has 28 heavy (non-hydrogen) atoms. The quantitative estimate of drug-likeness (QED) is 0.639. The highest BCUT2D eigenvalue weighted by atomic mass is 35.5. The number of likely N-dealkylation sites (tertiary alicyclic amines) is 1. The summed E-state index contributed by atoms with van der Waals surface area (Å²) in [5, 5.41) is 5.03. The number of aromatic nitrogens is 1. The van der Waals surface area contributed by atoms with Gasteiger partial charge in [-0.15, -0.1) is 11.3 Å². The minimum absolute atomic E-state index is 0.0231. The molecule has 0 bridgehead atoms. The van der Waals surface area contributed by atoms with Crippen LogP contribution in [0.15, 0.2) is 48.5 Å². The monoisotopic (exact) mass is 413 g/mol. The summed E-state index contributed by atoms with van der Waals surface area (Å²) in [6.07, 6.45) is 2.11. The SMILES string of the molecule is C[C@@H](NC(=O)CN1CCC(c2nc3ccccc3s2)CC1)c1ccc(Cl)cc1. The van der Waals surface area contributed by atoms with E-state index in [1.165, 1.54) is 9.71 Å². The molecular formula is C22H24ClN3OS. The van der Waals surface area contributed by atoms with Gasteiger partial charge in [0.2, 0.25) is 5.91 Å². The van der Waals surface area contributed by atoms with Crippen molar-refractivity contribution >= 4 is 39.1 Å². The third-order valence-corrected chi connectivity index (χ3v) is 6.81. The molecule has 1 aliphatic rings. The molecule has 1 aromatic heterocycles. The van der Waals surface area contributed by atoms with Crippen LogP contribution in [-0.2, 0) is 4.79 Å². The Kier molecular flexibility index (Phi) is 5.95. The molecule has 0 radical (unpaired) electrons. The van der Waals surface area contributed by atoms with Gasteiger partial charge < -0.3 is 5.32 Å². The molecule has 3 aromatic rings. The van der Waals surface area contributed by atoms with E-state index in [1.807, 2.05) is 48.6 Å². The standard InChI is InChI=1S/C22H24ClN3OS/c1-15(16-6-8-18(23)9-7-16)24-21(27)14-26-12-10-17(11-13-26)22-25-19-4-2-3-5-20(19)28-22/h2-9,15,17H,10-14H2,1H3,(H,24,27)/t15-/m1/s1. The zero-order valence-corrected chi connectivity index (χ0v) is 17.5. The lowest BCUT2D eigenvalue weighted by Gasteiger charge is -2.30. The highest BCUT2D eigenvalue weighted by molar-refractivity contribution is 7.18. The van der Waals surface area contributed by atoms with E-state index in [1.54, 1.807) is 0 Å². The number of para-hydroxylation sites is 1. The van der Waals surface area contributed by atoms with Crippen molar-refractivity contribution in [2.45, 2.75) is 31.7 Å². The zero-order valence-electron chi connectivity index (χ0n) is 15.9. The predicted octanol–water partition coefficient (Wildman–Crippen LogP) is 5.01. The number of nitrogens with one attached hydrogen (secondary N) is 1. The molecular weight excluding hydrogens is 390 g/mol.